The number of anilines is 1. The molecule has 0 saturated carbocycles. The predicted molar refractivity (Wildman–Crippen MR) is 104 cm³/mol. The van der Waals surface area contributed by atoms with Crippen LogP contribution in [0.15, 0.2) is 53.5 Å². The molecule has 0 radical (unpaired) electrons. The number of hydrogen-bond donors (Lipinski definition) is 3. The van der Waals surface area contributed by atoms with E-state index < -0.39 is 5.97 Å². The van der Waals surface area contributed by atoms with Crippen LogP contribution in [0.3, 0.4) is 0 Å². The van der Waals surface area contributed by atoms with Gasteiger partial charge in [-0.2, -0.15) is 0 Å². The zero-order valence-corrected chi connectivity index (χ0v) is 15.1. The second-order valence-electron chi connectivity index (χ2n) is 6.32. The summed E-state index contributed by atoms with van der Waals surface area (Å²) in [6.07, 6.45) is 0.474. The van der Waals surface area contributed by atoms with Crippen molar-refractivity contribution < 1.29 is 14.7 Å². The van der Waals surface area contributed by atoms with Gasteiger partial charge in [-0.15, -0.1) is 0 Å². The lowest BCUT2D eigenvalue weighted by molar-refractivity contribution is -0.136. The number of carboxylic acids is 1. The molecule has 2 aromatic carbocycles. The van der Waals surface area contributed by atoms with Crippen molar-refractivity contribution in [2.45, 2.75) is 18.9 Å². The third-order valence-corrected chi connectivity index (χ3v) is 4.68. The van der Waals surface area contributed by atoms with E-state index in [1.54, 1.807) is 11.9 Å². The first-order valence-electron chi connectivity index (χ1n) is 8.70. The molecule has 1 aliphatic rings. The Hall–Kier alpha value is -3.35. The largest absolute Gasteiger partial charge is 0.481 e. The van der Waals surface area contributed by atoms with Crippen LogP contribution in [0.1, 0.15) is 29.2 Å². The molecule has 0 aliphatic carbocycles. The predicted octanol–water partition coefficient (Wildman–Crippen LogP) is 2.31. The molecular formula is C20H22N4O3. The van der Waals surface area contributed by atoms with Crippen LogP contribution in [-0.4, -0.2) is 36.5 Å². The minimum Gasteiger partial charge on any atom is -0.481 e. The standard InChI is InChI=1S/C20H22N4O3/c1-22-19(21)14-6-9-15(10-7-14)24-17(12-23-20(24)27)16-5-3-2-4-13(16)8-11-18(25)26/h2-7,9-10,17H,8,11-12H2,1H3,(H2,21,22)(H,23,27)(H,25,26). The average molecular weight is 366 g/mol. The molecule has 1 heterocycles. The second kappa shape index (κ2) is 7.90. The molecule has 4 N–H and O–H groups in total. The quantitative estimate of drug-likeness (QED) is 0.538. The normalized spacial score (nSPS) is 17.1. The minimum atomic E-state index is -0.840. The van der Waals surface area contributed by atoms with E-state index in [0.717, 1.165) is 22.4 Å². The van der Waals surface area contributed by atoms with Crippen molar-refractivity contribution in [1.29, 1.82) is 0 Å². The van der Waals surface area contributed by atoms with Crippen LogP contribution in [0.5, 0.6) is 0 Å². The molecule has 2 aromatic rings. The number of benzene rings is 2. The average Bonchev–Trinajstić information content (AvgIpc) is 3.07. The summed E-state index contributed by atoms with van der Waals surface area (Å²) in [5.74, 6) is -0.406. The van der Waals surface area contributed by atoms with Crippen molar-refractivity contribution in [1.82, 2.24) is 5.32 Å². The minimum absolute atomic E-state index is 0.0510. The maximum atomic E-state index is 12.5. The first kappa shape index (κ1) is 18.4. The van der Waals surface area contributed by atoms with Gasteiger partial charge >= 0.3 is 12.0 Å². The summed E-state index contributed by atoms with van der Waals surface area (Å²) in [6.45, 7) is 0.462. The SMILES string of the molecule is CN=C(N)c1ccc(N2C(=O)NCC2c2ccccc2CCC(=O)O)cc1. The number of nitrogens with zero attached hydrogens (tertiary/aromatic N) is 2. The maximum absolute atomic E-state index is 12.5. The van der Waals surface area contributed by atoms with Crippen LogP contribution in [-0.2, 0) is 11.2 Å². The molecule has 1 fully saturated rings. The number of aliphatic carboxylic acids is 1. The zero-order valence-electron chi connectivity index (χ0n) is 15.1. The van der Waals surface area contributed by atoms with Gasteiger partial charge in [0.05, 0.1) is 6.04 Å². The Labute approximate surface area is 157 Å². The summed E-state index contributed by atoms with van der Waals surface area (Å²) < 4.78 is 0. The highest BCUT2D eigenvalue weighted by molar-refractivity contribution is 5.99. The highest BCUT2D eigenvalue weighted by Gasteiger charge is 2.34. The highest BCUT2D eigenvalue weighted by atomic mass is 16.4. The summed E-state index contributed by atoms with van der Waals surface area (Å²) in [7, 11) is 1.63. The Bertz CT molecular complexity index is 877. The van der Waals surface area contributed by atoms with Gasteiger partial charge in [0.15, 0.2) is 0 Å². The summed E-state index contributed by atoms with van der Waals surface area (Å²) in [6, 6.07) is 14.6. The van der Waals surface area contributed by atoms with Gasteiger partial charge in [-0.05, 0) is 41.8 Å². The number of carbonyl (C=O) groups is 2. The second-order valence-corrected chi connectivity index (χ2v) is 6.32. The third kappa shape index (κ3) is 3.92. The molecule has 0 bridgehead atoms. The smallest absolute Gasteiger partial charge is 0.322 e. The number of amides is 2. The summed E-state index contributed by atoms with van der Waals surface area (Å²) in [5.41, 5.74) is 9.26. The topological polar surface area (TPSA) is 108 Å². The molecule has 0 aromatic heterocycles. The van der Waals surface area contributed by atoms with Gasteiger partial charge in [-0.25, -0.2) is 4.79 Å². The van der Waals surface area contributed by atoms with E-state index in [0.29, 0.717) is 18.8 Å². The van der Waals surface area contributed by atoms with Gasteiger partial charge in [-0.1, -0.05) is 24.3 Å². The van der Waals surface area contributed by atoms with Gasteiger partial charge in [-0.3, -0.25) is 14.7 Å². The molecule has 7 heteroatoms. The maximum Gasteiger partial charge on any atom is 0.322 e. The van der Waals surface area contributed by atoms with Crippen LogP contribution in [0, 0.1) is 0 Å². The monoisotopic (exact) mass is 366 g/mol. The number of aliphatic imine (C=N–C) groups is 1. The molecule has 1 unspecified atom stereocenters. The van der Waals surface area contributed by atoms with E-state index in [1.165, 1.54) is 0 Å². The molecule has 1 saturated heterocycles. The van der Waals surface area contributed by atoms with Crippen molar-refractivity contribution in [3.8, 4) is 0 Å². The van der Waals surface area contributed by atoms with E-state index in [-0.39, 0.29) is 18.5 Å². The molecule has 7 nitrogen and oxygen atoms in total. The van der Waals surface area contributed by atoms with E-state index in [2.05, 4.69) is 10.3 Å². The fraction of sp³-hybridized carbons (Fsp3) is 0.250. The fourth-order valence-electron chi connectivity index (χ4n) is 3.30. The Morgan fingerprint density at radius 2 is 1.96 bits per heavy atom. The Kier molecular flexibility index (Phi) is 5.40. The fourth-order valence-corrected chi connectivity index (χ4v) is 3.30. The van der Waals surface area contributed by atoms with Crippen molar-refractivity contribution in [2.75, 3.05) is 18.5 Å². The van der Waals surface area contributed by atoms with E-state index in [1.807, 2.05) is 48.5 Å². The zero-order chi connectivity index (χ0) is 19.4. The van der Waals surface area contributed by atoms with Gasteiger partial charge in [0.1, 0.15) is 5.84 Å². The van der Waals surface area contributed by atoms with Crippen LogP contribution in [0.4, 0.5) is 10.5 Å². The first-order valence-corrected chi connectivity index (χ1v) is 8.70. The van der Waals surface area contributed by atoms with Crippen molar-refractivity contribution in [3.63, 3.8) is 0 Å². The highest BCUT2D eigenvalue weighted by Crippen LogP contribution is 2.32. The van der Waals surface area contributed by atoms with E-state index >= 15 is 0 Å². The van der Waals surface area contributed by atoms with Crippen molar-refractivity contribution >= 4 is 23.5 Å². The number of nitrogens with one attached hydrogen (secondary N) is 1. The van der Waals surface area contributed by atoms with Gasteiger partial charge in [0.2, 0.25) is 0 Å². The number of aryl methyl sites for hydroxylation is 1. The summed E-state index contributed by atoms with van der Waals surface area (Å²) in [4.78, 5) is 29.1. The molecule has 27 heavy (non-hydrogen) atoms. The lowest BCUT2D eigenvalue weighted by Gasteiger charge is -2.25. The number of carboxylic acid groups (broad SMARTS) is 1. The summed E-state index contributed by atoms with van der Waals surface area (Å²) >= 11 is 0. The molecule has 1 aliphatic heterocycles. The number of rotatable bonds is 6. The van der Waals surface area contributed by atoms with Gasteiger partial charge in [0.25, 0.3) is 0 Å². The molecular weight excluding hydrogens is 344 g/mol. The lowest BCUT2D eigenvalue weighted by Crippen LogP contribution is -2.30. The Balaban J connectivity index is 1.92. The number of carbonyl (C=O) groups excluding carboxylic acids is 1. The molecule has 0 spiro atoms. The molecule has 1 atom stereocenters. The van der Waals surface area contributed by atoms with Crippen LogP contribution < -0.4 is 16.0 Å². The van der Waals surface area contributed by atoms with Gasteiger partial charge < -0.3 is 16.2 Å². The van der Waals surface area contributed by atoms with Gasteiger partial charge in [0, 0.05) is 31.3 Å². The number of urea groups is 1. The Morgan fingerprint density at radius 1 is 1.26 bits per heavy atom. The Morgan fingerprint density at radius 3 is 2.63 bits per heavy atom. The van der Waals surface area contributed by atoms with Crippen LogP contribution in [0.25, 0.3) is 0 Å². The molecule has 3 rings (SSSR count). The molecule has 2 amide bonds. The molecule has 140 valence electrons. The summed E-state index contributed by atoms with van der Waals surface area (Å²) in [5, 5.41) is 11.9. The van der Waals surface area contributed by atoms with Crippen molar-refractivity contribution in [3.05, 3.63) is 65.2 Å². The van der Waals surface area contributed by atoms with E-state index in [4.69, 9.17) is 10.8 Å². The number of nitrogens with two attached hydrogens (primary N) is 1. The number of hydrogen-bond acceptors (Lipinski definition) is 3. The third-order valence-electron chi connectivity index (χ3n) is 4.68. The van der Waals surface area contributed by atoms with Crippen LogP contribution in [0.2, 0.25) is 0 Å². The van der Waals surface area contributed by atoms with E-state index in [9.17, 15) is 9.59 Å². The first-order chi connectivity index (χ1) is 13.0. The van der Waals surface area contributed by atoms with Crippen LogP contribution >= 0.6 is 0 Å². The van der Waals surface area contributed by atoms with Crippen molar-refractivity contribution in [2.24, 2.45) is 10.7 Å². The lowest BCUT2D eigenvalue weighted by atomic mass is 9.96. The number of amidine groups is 1.